The van der Waals surface area contributed by atoms with Crippen LogP contribution >= 0.6 is 24.2 Å². The Labute approximate surface area is 93.9 Å². The third kappa shape index (κ3) is 3.85. The van der Waals surface area contributed by atoms with Crippen molar-refractivity contribution in [2.75, 3.05) is 0 Å². The number of halogens is 1. The van der Waals surface area contributed by atoms with E-state index in [4.69, 9.17) is 17.3 Å². The van der Waals surface area contributed by atoms with Crippen molar-refractivity contribution in [2.45, 2.75) is 6.42 Å². The van der Waals surface area contributed by atoms with E-state index < -0.39 is 0 Å². The zero-order valence-electron chi connectivity index (χ0n) is 7.52. The molecule has 4 heteroatoms. The van der Waals surface area contributed by atoms with E-state index in [0.717, 1.165) is 21.9 Å². The minimum Gasteiger partial charge on any atom is -0.390 e. The molecule has 14 heavy (non-hydrogen) atoms. The minimum absolute atomic E-state index is 0.734. The van der Waals surface area contributed by atoms with Crippen molar-refractivity contribution in [1.29, 1.82) is 0 Å². The number of nitrogens with zero attached hydrogens (tertiary/aromatic N) is 1. The molecule has 0 radical (unpaired) electrons. The number of benzene rings is 1. The summed E-state index contributed by atoms with van der Waals surface area (Å²) in [5, 5.41) is 0.735. The highest BCUT2D eigenvalue weighted by atomic mass is 35.5. The number of hydrogen-bond acceptors (Lipinski definition) is 2. The molecule has 0 spiro atoms. The fourth-order valence-electron chi connectivity index (χ4n) is 0.986. The Balaban J connectivity index is 2.65. The number of allylic oxidation sites excluding steroid dienone is 1. The van der Waals surface area contributed by atoms with Gasteiger partial charge in [-0.2, -0.15) is 0 Å². The lowest BCUT2D eigenvalue weighted by Crippen LogP contribution is -1.87. The summed E-state index contributed by atoms with van der Waals surface area (Å²) in [5.74, 6) is 0. The Morgan fingerprint density at radius 1 is 1.43 bits per heavy atom. The Morgan fingerprint density at radius 2 is 2.07 bits per heavy atom. The van der Waals surface area contributed by atoms with Crippen LogP contribution in [-0.4, -0.2) is 6.34 Å². The van der Waals surface area contributed by atoms with Crippen molar-refractivity contribution in [3.63, 3.8) is 0 Å². The quantitative estimate of drug-likeness (QED) is 0.464. The maximum atomic E-state index is 5.76. The second kappa shape index (κ2) is 5.73. The molecule has 0 unspecified atom stereocenters. The van der Waals surface area contributed by atoms with Gasteiger partial charge in [-0.05, 0) is 17.7 Å². The highest BCUT2D eigenvalue weighted by Crippen LogP contribution is 2.14. The van der Waals surface area contributed by atoms with Gasteiger partial charge in [0.25, 0.3) is 0 Å². The van der Waals surface area contributed by atoms with Crippen molar-refractivity contribution in [2.24, 2.45) is 10.7 Å². The average molecular weight is 227 g/mol. The molecule has 0 heterocycles. The highest BCUT2D eigenvalue weighted by molar-refractivity contribution is 7.84. The Kier molecular flexibility index (Phi) is 4.56. The minimum atomic E-state index is 0.734. The molecule has 74 valence electrons. The van der Waals surface area contributed by atoms with Gasteiger partial charge in [-0.25, -0.2) is 4.99 Å². The Hall–Kier alpha value is -0.930. The Bertz CT molecular complexity index is 344. The van der Waals surface area contributed by atoms with Crippen LogP contribution in [0.1, 0.15) is 5.56 Å². The van der Waals surface area contributed by atoms with Gasteiger partial charge in [0, 0.05) is 22.5 Å². The van der Waals surface area contributed by atoms with Crippen LogP contribution in [0.5, 0.6) is 0 Å². The van der Waals surface area contributed by atoms with E-state index in [0.29, 0.717) is 0 Å². The van der Waals surface area contributed by atoms with Gasteiger partial charge in [0.15, 0.2) is 0 Å². The molecule has 2 N–H and O–H groups in total. The number of rotatable bonds is 3. The standard InChI is InChI=1S/C10H11ClN2S/c11-9-3-1-8(2-4-9)5-10(14)6-13-7-12/h1-4,6-7,14H,5H2,(H2,12,13)/b10-6-. The predicted octanol–water partition coefficient (Wildman–Crippen LogP) is 2.64. The molecule has 2 nitrogen and oxygen atoms in total. The molecule has 0 saturated heterocycles. The SMILES string of the molecule is NC=N/C=C(\S)Cc1ccc(Cl)cc1. The molecule has 0 aromatic heterocycles. The van der Waals surface area contributed by atoms with Gasteiger partial charge in [0.1, 0.15) is 0 Å². The van der Waals surface area contributed by atoms with Gasteiger partial charge in [0.05, 0.1) is 6.34 Å². The first-order valence-corrected chi connectivity index (χ1v) is 4.90. The van der Waals surface area contributed by atoms with Crippen LogP contribution in [0.3, 0.4) is 0 Å². The van der Waals surface area contributed by atoms with Crippen LogP contribution in [0, 0.1) is 0 Å². The molecule has 0 aliphatic rings. The fourth-order valence-corrected chi connectivity index (χ4v) is 1.36. The first-order valence-electron chi connectivity index (χ1n) is 4.08. The molecule has 0 saturated carbocycles. The summed E-state index contributed by atoms with van der Waals surface area (Å²) < 4.78 is 0. The molecular formula is C10H11ClN2S. The van der Waals surface area contributed by atoms with E-state index in [1.807, 2.05) is 24.3 Å². The van der Waals surface area contributed by atoms with Crippen LogP contribution in [0.25, 0.3) is 0 Å². The molecule has 0 bridgehead atoms. The van der Waals surface area contributed by atoms with Gasteiger partial charge in [-0.1, -0.05) is 23.7 Å². The number of aliphatic imine (C=N–C) groups is 1. The smallest absolute Gasteiger partial charge is 0.0853 e. The molecule has 0 aliphatic carbocycles. The van der Waals surface area contributed by atoms with Gasteiger partial charge in [-0.15, -0.1) is 12.6 Å². The first kappa shape index (κ1) is 11.1. The van der Waals surface area contributed by atoms with Crippen molar-refractivity contribution in [3.8, 4) is 0 Å². The van der Waals surface area contributed by atoms with Crippen LogP contribution in [0.15, 0.2) is 40.4 Å². The molecule has 0 atom stereocenters. The lowest BCUT2D eigenvalue weighted by Gasteiger charge is -1.99. The summed E-state index contributed by atoms with van der Waals surface area (Å²) in [4.78, 5) is 4.63. The van der Waals surface area contributed by atoms with Crippen molar-refractivity contribution in [1.82, 2.24) is 0 Å². The van der Waals surface area contributed by atoms with Crippen LogP contribution < -0.4 is 5.73 Å². The molecule has 1 rings (SSSR count). The number of hydrogen-bond donors (Lipinski definition) is 2. The lowest BCUT2D eigenvalue weighted by atomic mass is 10.1. The third-order valence-electron chi connectivity index (χ3n) is 1.61. The van der Waals surface area contributed by atoms with E-state index in [9.17, 15) is 0 Å². The summed E-state index contributed by atoms with van der Waals surface area (Å²) in [6, 6.07) is 7.62. The normalized spacial score (nSPS) is 12.3. The van der Waals surface area contributed by atoms with E-state index in [1.165, 1.54) is 6.34 Å². The number of thiol groups is 1. The van der Waals surface area contributed by atoms with Crippen LogP contribution in [0.4, 0.5) is 0 Å². The number of nitrogens with two attached hydrogens (primary N) is 1. The second-order valence-electron chi connectivity index (χ2n) is 2.72. The van der Waals surface area contributed by atoms with E-state index in [-0.39, 0.29) is 0 Å². The average Bonchev–Trinajstić information content (AvgIpc) is 2.18. The van der Waals surface area contributed by atoms with Gasteiger partial charge < -0.3 is 5.73 Å². The summed E-state index contributed by atoms with van der Waals surface area (Å²) >= 11 is 10.0. The van der Waals surface area contributed by atoms with Crippen molar-refractivity contribution < 1.29 is 0 Å². The van der Waals surface area contributed by atoms with E-state index in [1.54, 1.807) is 6.20 Å². The molecule has 0 amide bonds. The van der Waals surface area contributed by atoms with Crippen LogP contribution in [-0.2, 0) is 6.42 Å². The molecule has 1 aromatic carbocycles. The molecular weight excluding hydrogens is 216 g/mol. The fraction of sp³-hybridized carbons (Fsp3) is 0.100. The van der Waals surface area contributed by atoms with Crippen molar-refractivity contribution >= 4 is 30.6 Å². The van der Waals surface area contributed by atoms with E-state index in [2.05, 4.69) is 17.6 Å². The topological polar surface area (TPSA) is 38.4 Å². The maximum absolute atomic E-state index is 5.76. The molecule has 0 fully saturated rings. The maximum Gasteiger partial charge on any atom is 0.0853 e. The Morgan fingerprint density at radius 3 is 2.64 bits per heavy atom. The van der Waals surface area contributed by atoms with Gasteiger partial charge >= 0.3 is 0 Å². The summed E-state index contributed by atoms with van der Waals surface area (Å²) in [5.41, 5.74) is 6.24. The summed E-state index contributed by atoms with van der Waals surface area (Å²) in [7, 11) is 0. The van der Waals surface area contributed by atoms with Crippen LogP contribution in [0.2, 0.25) is 5.02 Å². The largest absolute Gasteiger partial charge is 0.390 e. The lowest BCUT2D eigenvalue weighted by molar-refractivity contribution is 1.23. The van der Waals surface area contributed by atoms with E-state index >= 15 is 0 Å². The molecule has 0 aliphatic heterocycles. The summed E-state index contributed by atoms with van der Waals surface area (Å²) in [6.45, 7) is 0. The monoisotopic (exact) mass is 226 g/mol. The zero-order valence-corrected chi connectivity index (χ0v) is 9.17. The zero-order chi connectivity index (χ0) is 10.4. The highest BCUT2D eigenvalue weighted by Gasteiger charge is 1.94. The van der Waals surface area contributed by atoms with Gasteiger partial charge in [-0.3, -0.25) is 0 Å². The first-order chi connectivity index (χ1) is 6.72. The predicted molar refractivity (Wildman–Crippen MR) is 64.9 cm³/mol. The third-order valence-corrected chi connectivity index (χ3v) is 2.13. The second-order valence-corrected chi connectivity index (χ2v) is 3.73. The van der Waals surface area contributed by atoms with Crippen molar-refractivity contribution in [3.05, 3.63) is 46.0 Å². The summed E-state index contributed by atoms with van der Waals surface area (Å²) in [6.07, 6.45) is 3.59. The molecule has 1 aromatic rings. The van der Waals surface area contributed by atoms with Gasteiger partial charge in [0.2, 0.25) is 0 Å².